The number of ether oxygens (including phenoxy) is 3. The van der Waals surface area contributed by atoms with Crippen molar-refractivity contribution in [2.45, 2.75) is 20.5 Å². The molecule has 9 heteroatoms. The highest BCUT2D eigenvalue weighted by Gasteiger charge is 2.21. The number of aryl methyl sites for hydroxylation is 1. The predicted molar refractivity (Wildman–Crippen MR) is 110 cm³/mol. The molecular formula is C20H21N3O5S. The number of esters is 1. The fraction of sp³-hybridized carbons (Fsp3) is 0.300. The molecule has 29 heavy (non-hydrogen) atoms. The zero-order chi connectivity index (χ0) is 21.0. The molecule has 0 aliphatic carbocycles. The van der Waals surface area contributed by atoms with Crippen LogP contribution < -0.4 is 10.1 Å². The first-order valence-electron chi connectivity index (χ1n) is 8.90. The van der Waals surface area contributed by atoms with Crippen molar-refractivity contribution in [1.29, 1.82) is 0 Å². The fourth-order valence-corrected chi connectivity index (χ4v) is 3.88. The minimum atomic E-state index is -0.400. The summed E-state index contributed by atoms with van der Waals surface area (Å²) in [6.07, 6.45) is 0. The summed E-state index contributed by atoms with van der Waals surface area (Å²) in [5, 5.41) is 3.55. The van der Waals surface area contributed by atoms with E-state index in [1.165, 1.54) is 18.4 Å². The van der Waals surface area contributed by atoms with Gasteiger partial charge in [-0.2, -0.15) is 4.98 Å². The van der Waals surface area contributed by atoms with Crippen LogP contribution in [0.5, 0.6) is 5.88 Å². The van der Waals surface area contributed by atoms with E-state index >= 15 is 0 Å². The molecule has 1 N–H and O–H groups in total. The van der Waals surface area contributed by atoms with Crippen LogP contribution in [-0.2, 0) is 16.1 Å². The number of fused-ring (bicyclic) bond motifs is 1. The summed E-state index contributed by atoms with van der Waals surface area (Å²) >= 11 is 1.26. The van der Waals surface area contributed by atoms with Crippen molar-refractivity contribution in [3.63, 3.8) is 0 Å². The molecule has 0 saturated heterocycles. The molecule has 2 aromatic heterocycles. The van der Waals surface area contributed by atoms with Crippen LogP contribution in [0.15, 0.2) is 24.3 Å². The van der Waals surface area contributed by atoms with Crippen molar-refractivity contribution in [2.24, 2.45) is 0 Å². The number of nitrogens with one attached hydrogen (secondary N) is 1. The second-order valence-corrected chi connectivity index (χ2v) is 7.07. The van der Waals surface area contributed by atoms with Crippen LogP contribution in [-0.4, -0.2) is 42.7 Å². The molecule has 0 saturated carbocycles. The Hall–Kier alpha value is -3.04. The number of thiophene rings is 1. The number of carbonyl (C=O) groups excluding carboxylic acids is 2. The molecule has 2 heterocycles. The summed E-state index contributed by atoms with van der Waals surface area (Å²) in [4.78, 5) is 34.5. The van der Waals surface area contributed by atoms with Crippen molar-refractivity contribution >= 4 is 39.1 Å². The van der Waals surface area contributed by atoms with Crippen molar-refractivity contribution in [1.82, 2.24) is 9.97 Å². The van der Waals surface area contributed by atoms with Crippen LogP contribution in [0.25, 0.3) is 10.2 Å². The average molecular weight is 415 g/mol. The van der Waals surface area contributed by atoms with Gasteiger partial charge in [-0.1, -0.05) is 0 Å². The van der Waals surface area contributed by atoms with Gasteiger partial charge in [0.05, 0.1) is 29.5 Å². The monoisotopic (exact) mass is 415 g/mol. The molecule has 0 radical (unpaired) electrons. The van der Waals surface area contributed by atoms with Gasteiger partial charge in [0.1, 0.15) is 11.4 Å². The molecule has 0 spiro atoms. The van der Waals surface area contributed by atoms with E-state index < -0.39 is 5.97 Å². The van der Waals surface area contributed by atoms with Gasteiger partial charge in [0.25, 0.3) is 5.91 Å². The third-order valence-electron chi connectivity index (χ3n) is 4.13. The fourth-order valence-electron chi connectivity index (χ4n) is 2.79. The zero-order valence-electron chi connectivity index (χ0n) is 16.6. The van der Waals surface area contributed by atoms with Gasteiger partial charge in [-0.15, -0.1) is 11.3 Å². The average Bonchev–Trinajstić information content (AvgIpc) is 3.05. The highest BCUT2D eigenvalue weighted by molar-refractivity contribution is 7.20. The highest BCUT2D eigenvalue weighted by atomic mass is 32.1. The molecule has 0 aliphatic rings. The largest absolute Gasteiger partial charge is 0.480 e. The summed E-state index contributed by atoms with van der Waals surface area (Å²) < 4.78 is 15.4. The van der Waals surface area contributed by atoms with Crippen molar-refractivity contribution in [3.05, 3.63) is 46.1 Å². The van der Waals surface area contributed by atoms with E-state index in [4.69, 9.17) is 14.2 Å². The lowest BCUT2D eigenvalue weighted by atomic mass is 10.2. The number of rotatable bonds is 7. The zero-order valence-corrected chi connectivity index (χ0v) is 17.4. The maximum absolute atomic E-state index is 12.8. The summed E-state index contributed by atoms with van der Waals surface area (Å²) in [6, 6.07) is 6.53. The topological polar surface area (TPSA) is 99.6 Å². The Morgan fingerprint density at radius 2 is 1.86 bits per heavy atom. The third kappa shape index (κ3) is 4.36. The van der Waals surface area contributed by atoms with Crippen LogP contribution in [0.4, 0.5) is 5.69 Å². The van der Waals surface area contributed by atoms with E-state index in [0.717, 1.165) is 5.56 Å². The Balaban J connectivity index is 1.87. The Morgan fingerprint density at radius 1 is 1.14 bits per heavy atom. The summed E-state index contributed by atoms with van der Waals surface area (Å²) in [5.74, 6) is 0.223. The van der Waals surface area contributed by atoms with Gasteiger partial charge in [-0.3, -0.25) is 4.79 Å². The lowest BCUT2D eigenvalue weighted by molar-refractivity contribution is 0.0526. The molecule has 0 aliphatic heterocycles. The molecule has 152 valence electrons. The number of amides is 1. The molecule has 8 nitrogen and oxygen atoms in total. The lowest BCUT2D eigenvalue weighted by Crippen LogP contribution is -2.12. The molecule has 0 fully saturated rings. The maximum atomic E-state index is 12.8. The van der Waals surface area contributed by atoms with Gasteiger partial charge in [0, 0.05) is 12.8 Å². The number of nitrogens with zero attached hydrogens (tertiary/aromatic N) is 2. The summed E-state index contributed by atoms with van der Waals surface area (Å²) in [6.45, 7) is 4.13. The molecular weight excluding hydrogens is 394 g/mol. The number of methoxy groups -OCH3 is 2. The van der Waals surface area contributed by atoms with Crippen LogP contribution in [0, 0.1) is 6.92 Å². The molecule has 3 rings (SSSR count). The number of benzene rings is 1. The number of hydrogen-bond acceptors (Lipinski definition) is 8. The van der Waals surface area contributed by atoms with Crippen molar-refractivity contribution < 1.29 is 23.8 Å². The van der Waals surface area contributed by atoms with Gasteiger partial charge in [0.2, 0.25) is 5.88 Å². The van der Waals surface area contributed by atoms with Crippen LogP contribution in [0.2, 0.25) is 0 Å². The minimum Gasteiger partial charge on any atom is -0.480 e. The van der Waals surface area contributed by atoms with Gasteiger partial charge in [0.15, 0.2) is 5.82 Å². The number of hydrogen-bond donors (Lipinski definition) is 1. The Kier molecular flexibility index (Phi) is 6.40. The predicted octanol–water partition coefficient (Wildman–Crippen LogP) is 3.58. The summed E-state index contributed by atoms with van der Waals surface area (Å²) in [7, 11) is 3.09. The number of aromatic nitrogens is 2. The number of anilines is 1. The van der Waals surface area contributed by atoms with E-state index in [1.807, 2.05) is 6.92 Å². The second-order valence-electron chi connectivity index (χ2n) is 6.07. The number of carbonyl (C=O) groups is 2. The SMILES string of the molecule is CCOC(=O)c1ccc(NC(=O)c2sc3nc(COC)nc(OC)c3c2C)cc1. The third-order valence-corrected chi connectivity index (χ3v) is 5.31. The van der Waals surface area contributed by atoms with Crippen LogP contribution in [0.1, 0.15) is 38.3 Å². The quantitative estimate of drug-likeness (QED) is 0.589. The Labute approximate surface area is 171 Å². The smallest absolute Gasteiger partial charge is 0.338 e. The Morgan fingerprint density at radius 3 is 2.48 bits per heavy atom. The summed E-state index contributed by atoms with van der Waals surface area (Å²) in [5.41, 5.74) is 1.73. The minimum absolute atomic E-state index is 0.248. The molecule has 0 bridgehead atoms. The van der Waals surface area contributed by atoms with E-state index in [9.17, 15) is 9.59 Å². The normalized spacial score (nSPS) is 10.8. The van der Waals surface area contributed by atoms with Gasteiger partial charge in [-0.05, 0) is 43.7 Å². The first-order chi connectivity index (χ1) is 14.0. The van der Waals surface area contributed by atoms with Crippen molar-refractivity contribution in [2.75, 3.05) is 26.1 Å². The van der Waals surface area contributed by atoms with Gasteiger partial charge < -0.3 is 19.5 Å². The maximum Gasteiger partial charge on any atom is 0.338 e. The van der Waals surface area contributed by atoms with E-state index in [2.05, 4.69) is 15.3 Å². The first-order valence-corrected chi connectivity index (χ1v) is 9.71. The van der Waals surface area contributed by atoms with E-state index in [1.54, 1.807) is 38.3 Å². The van der Waals surface area contributed by atoms with E-state index in [0.29, 0.717) is 44.7 Å². The van der Waals surface area contributed by atoms with Gasteiger partial charge >= 0.3 is 5.97 Å². The van der Waals surface area contributed by atoms with Gasteiger partial charge in [-0.25, -0.2) is 9.78 Å². The first kappa shape index (κ1) is 20.7. The second kappa shape index (κ2) is 8.97. The molecule has 0 unspecified atom stereocenters. The van der Waals surface area contributed by atoms with Crippen LogP contribution >= 0.6 is 11.3 Å². The molecule has 1 amide bonds. The lowest BCUT2D eigenvalue weighted by Gasteiger charge is -2.06. The molecule has 3 aromatic rings. The Bertz CT molecular complexity index is 1050. The standard InChI is InChI=1S/C20H21N3O5S/c1-5-28-20(25)12-6-8-13(9-7-12)21-17(24)16-11(2)15-18(27-4)22-14(10-26-3)23-19(15)29-16/h6-9H,5,10H2,1-4H3,(H,21,24). The molecule has 1 aromatic carbocycles. The van der Waals surface area contributed by atoms with Crippen LogP contribution in [0.3, 0.4) is 0 Å². The van der Waals surface area contributed by atoms with Crippen molar-refractivity contribution in [3.8, 4) is 5.88 Å². The van der Waals surface area contributed by atoms with E-state index in [-0.39, 0.29) is 12.5 Å². The molecule has 0 atom stereocenters. The highest BCUT2D eigenvalue weighted by Crippen LogP contribution is 2.35.